The van der Waals surface area contributed by atoms with Crippen LogP contribution in [-0.2, 0) is 9.53 Å². The first kappa shape index (κ1) is 17.3. The van der Waals surface area contributed by atoms with Gasteiger partial charge in [-0.05, 0) is 31.0 Å². The Kier molecular flexibility index (Phi) is 6.49. The smallest absolute Gasteiger partial charge is 0.325 e. The molecule has 0 unspecified atom stereocenters. The molecule has 6 heteroatoms. The van der Waals surface area contributed by atoms with Crippen LogP contribution < -0.4 is 5.73 Å². The second-order valence-electron chi connectivity index (χ2n) is 5.12. The average Bonchev–Trinajstić information content (AvgIpc) is 2.39. The van der Waals surface area contributed by atoms with Gasteiger partial charge in [-0.1, -0.05) is 25.4 Å². The summed E-state index contributed by atoms with van der Waals surface area (Å²) in [5, 5.41) is 0.424. The lowest BCUT2D eigenvalue weighted by Gasteiger charge is -2.24. The van der Waals surface area contributed by atoms with E-state index < -0.39 is 5.97 Å². The van der Waals surface area contributed by atoms with Crippen molar-refractivity contribution in [2.75, 3.05) is 25.4 Å². The minimum atomic E-state index is -0.438. The van der Waals surface area contributed by atoms with Crippen LogP contribution in [0.2, 0.25) is 5.02 Å². The van der Waals surface area contributed by atoms with Gasteiger partial charge in [0.2, 0.25) is 0 Å². The van der Waals surface area contributed by atoms with Gasteiger partial charge in [-0.15, -0.1) is 0 Å². The van der Waals surface area contributed by atoms with Crippen LogP contribution in [0.3, 0.4) is 0 Å². The molecule has 0 aliphatic heterocycles. The Morgan fingerprint density at radius 2 is 2.05 bits per heavy atom. The highest BCUT2D eigenvalue weighted by Gasteiger charge is 2.22. The molecule has 0 spiro atoms. The fourth-order valence-electron chi connectivity index (χ4n) is 1.91. The zero-order chi connectivity index (χ0) is 16.0. The van der Waals surface area contributed by atoms with E-state index >= 15 is 0 Å². The van der Waals surface area contributed by atoms with Gasteiger partial charge in [0.25, 0.3) is 5.91 Å². The monoisotopic (exact) mass is 312 g/mol. The molecule has 2 N–H and O–H groups in total. The van der Waals surface area contributed by atoms with Crippen LogP contribution in [0, 0.1) is 5.92 Å². The van der Waals surface area contributed by atoms with E-state index in [0.717, 1.165) is 0 Å². The first-order chi connectivity index (χ1) is 9.85. The third-order valence-electron chi connectivity index (χ3n) is 2.74. The highest BCUT2D eigenvalue weighted by Crippen LogP contribution is 2.20. The molecule has 0 atom stereocenters. The molecule has 0 radical (unpaired) electrons. The number of anilines is 1. The zero-order valence-electron chi connectivity index (χ0n) is 12.6. The summed E-state index contributed by atoms with van der Waals surface area (Å²) in [4.78, 5) is 25.7. The van der Waals surface area contributed by atoms with Gasteiger partial charge in [-0.25, -0.2) is 0 Å². The zero-order valence-corrected chi connectivity index (χ0v) is 13.3. The average molecular weight is 313 g/mol. The van der Waals surface area contributed by atoms with Crippen molar-refractivity contribution in [2.45, 2.75) is 20.8 Å². The van der Waals surface area contributed by atoms with Gasteiger partial charge in [-0.3, -0.25) is 9.59 Å². The second-order valence-corrected chi connectivity index (χ2v) is 5.55. The summed E-state index contributed by atoms with van der Waals surface area (Å²) in [5.74, 6) is -0.548. The summed E-state index contributed by atoms with van der Waals surface area (Å²) in [7, 11) is 0. The number of nitrogen functional groups attached to an aromatic ring is 1. The molecule has 5 nitrogen and oxygen atoms in total. The topological polar surface area (TPSA) is 72.6 Å². The highest BCUT2D eigenvalue weighted by molar-refractivity contribution is 6.31. The molecular weight excluding hydrogens is 292 g/mol. The van der Waals surface area contributed by atoms with Crippen molar-refractivity contribution >= 4 is 29.2 Å². The predicted octanol–water partition coefficient (Wildman–Crippen LogP) is 2.58. The number of nitrogens with zero attached hydrogens (tertiary/aromatic N) is 1. The van der Waals surface area contributed by atoms with Crippen LogP contribution in [0.4, 0.5) is 5.69 Å². The van der Waals surface area contributed by atoms with Crippen LogP contribution in [0.5, 0.6) is 0 Å². The Labute approximate surface area is 130 Å². The van der Waals surface area contributed by atoms with Crippen molar-refractivity contribution in [3.05, 3.63) is 28.8 Å². The molecule has 0 heterocycles. The van der Waals surface area contributed by atoms with Gasteiger partial charge in [-0.2, -0.15) is 0 Å². The SMILES string of the molecule is CCOC(=O)CN(CC(C)C)C(=O)c1cc(Cl)ccc1N. The molecule has 1 aromatic carbocycles. The Balaban J connectivity index is 2.98. The lowest BCUT2D eigenvalue weighted by Crippen LogP contribution is -2.39. The number of hydrogen-bond acceptors (Lipinski definition) is 4. The highest BCUT2D eigenvalue weighted by atomic mass is 35.5. The number of carbonyl (C=O) groups excluding carboxylic acids is 2. The van der Waals surface area contributed by atoms with Crippen molar-refractivity contribution in [1.82, 2.24) is 4.90 Å². The molecule has 0 aliphatic rings. The maximum absolute atomic E-state index is 12.6. The maximum Gasteiger partial charge on any atom is 0.325 e. The van der Waals surface area contributed by atoms with Crippen LogP contribution in [0.1, 0.15) is 31.1 Å². The Bertz CT molecular complexity index is 518. The Morgan fingerprint density at radius 1 is 1.38 bits per heavy atom. The number of benzene rings is 1. The van der Waals surface area contributed by atoms with E-state index in [-0.39, 0.29) is 25.0 Å². The molecule has 0 saturated heterocycles. The summed E-state index contributed by atoms with van der Waals surface area (Å²) < 4.78 is 4.90. The van der Waals surface area contributed by atoms with E-state index in [1.54, 1.807) is 19.1 Å². The fourth-order valence-corrected chi connectivity index (χ4v) is 2.08. The maximum atomic E-state index is 12.6. The molecule has 0 aliphatic carbocycles. The summed E-state index contributed by atoms with van der Waals surface area (Å²) in [5.41, 5.74) is 6.46. The van der Waals surface area contributed by atoms with Crippen LogP contribution in [0.25, 0.3) is 0 Å². The second kappa shape index (κ2) is 7.88. The Morgan fingerprint density at radius 3 is 2.62 bits per heavy atom. The summed E-state index contributed by atoms with van der Waals surface area (Å²) in [6, 6.07) is 4.71. The van der Waals surface area contributed by atoms with Crippen molar-refractivity contribution in [3.8, 4) is 0 Å². The van der Waals surface area contributed by atoms with E-state index in [1.165, 1.54) is 11.0 Å². The van der Waals surface area contributed by atoms with E-state index in [2.05, 4.69) is 0 Å². The normalized spacial score (nSPS) is 10.5. The molecule has 0 fully saturated rings. The van der Waals surface area contributed by atoms with Gasteiger partial charge in [0.15, 0.2) is 0 Å². The standard InChI is InChI=1S/C15H21ClN2O3/c1-4-21-14(19)9-18(8-10(2)3)15(20)12-7-11(16)5-6-13(12)17/h5-7,10H,4,8-9,17H2,1-3H3. The molecule has 0 aromatic heterocycles. The van der Waals surface area contributed by atoms with Gasteiger partial charge >= 0.3 is 5.97 Å². The number of ether oxygens (including phenoxy) is 1. The lowest BCUT2D eigenvalue weighted by molar-refractivity contribution is -0.143. The number of nitrogens with two attached hydrogens (primary N) is 1. The van der Waals surface area contributed by atoms with E-state index in [1.807, 2.05) is 13.8 Å². The van der Waals surface area contributed by atoms with E-state index in [0.29, 0.717) is 22.8 Å². The molecule has 21 heavy (non-hydrogen) atoms. The molecule has 0 bridgehead atoms. The quantitative estimate of drug-likeness (QED) is 0.647. The number of halogens is 1. The fraction of sp³-hybridized carbons (Fsp3) is 0.467. The molecule has 1 amide bonds. The number of rotatable bonds is 6. The van der Waals surface area contributed by atoms with E-state index in [4.69, 9.17) is 22.1 Å². The first-order valence-corrected chi connectivity index (χ1v) is 7.22. The van der Waals surface area contributed by atoms with Crippen LogP contribution in [-0.4, -0.2) is 36.5 Å². The number of esters is 1. The predicted molar refractivity (Wildman–Crippen MR) is 83.2 cm³/mol. The van der Waals surface area contributed by atoms with Gasteiger partial charge in [0, 0.05) is 17.3 Å². The third kappa shape index (κ3) is 5.27. The van der Waals surface area contributed by atoms with E-state index in [9.17, 15) is 9.59 Å². The minimum Gasteiger partial charge on any atom is -0.465 e. The third-order valence-corrected chi connectivity index (χ3v) is 2.98. The molecule has 1 rings (SSSR count). The first-order valence-electron chi connectivity index (χ1n) is 6.85. The van der Waals surface area contributed by atoms with Gasteiger partial charge in [0.05, 0.1) is 12.2 Å². The van der Waals surface area contributed by atoms with Crippen LogP contribution in [0.15, 0.2) is 18.2 Å². The summed E-state index contributed by atoms with van der Waals surface area (Å²) in [6.07, 6.45) is 0. The van der Waals surface area contributed by atoms with Gasteiger partial charge in [0.1, 0.15) is 6.54 Å². The number of carbonyl (C=O) groups is 2. The Hall–Kier alpha value is -1.75. The number of amides is 1. The summed E-state index contributed by atoms with van der Waals surface area (Å²) in [6.45, 7) is 6.27. The summed E-state index contributed by atoms with van der Waals surface area (Å²) >= 11 is 5.91. The van der Waals surface area contributed by atoms with Crippen molar-refractivity contribution in [3.63, 3.8) is 0 Å². The van der Waals surface area contributed by atoms with Crippen molar-refractivity contribution in [2.24, 2.45) is 5.92 Å². The largest absolute Gasteiger partial charge is 0.465 e. The van der Waals surface area contributed by atoms with Crippen molar-refractivity contribution in [1.29, 1.82) is 0 Å². The molecular formula is C15H21ClN2O3. The molecule has 0 saturated carbocycles. The molecule has 1 aromatic rings. The molecule has 116 valence electrons. The van der Waals surface area contributed by atoms with Gasteiger partial charge < -0.3 is 15.4 Å². The van der Waals surface area contributed by atoms with Crippen LogP contribution >= 0.6 is 11.6 Å². The number of hydrogen-bond donors (Lipinski definition) is 1. The van der Waals surface area contributed by atoms with Crippen molar-refractivity contribution < 1.29 is 14.3 Å². The lowest BCUT2D eigenvalue weighted by atomic mass is 10.1. The minimum absolute atomic E-state index is 0.100.